The van der Waals surface area contributed by atoms with E-state index >= 15 is 0 Å². The maximum Gasteiger partial charge on any atom is 0.339 e. The van der Waals surface area contributed by atoms with Crippen LogP contribution in [-0.2, 0) is 10.2 Å². The first-order valence-corrected chi connectivity index (χ1v) is 7.50. The molecule has 1 heterocycles. The molecule has 1 aromatic heterocycles. The minimum absolute atomic E-state index is 0.0818. The summed E-state index contributed by atoms with van der Waals surface area (Å²) in [5.74, 6) is 0.422. The molecule has 0 bridgehead atoms. The summed E-state index contributed by atoms with van der Waals surface area (Å²) in [6.07, 6.45) is 1.08. The number of aromatic nitrogens is 1. The second-order valence-corrected chi connectivity index (χ2v) is 6.72. The smallest absolute Gasteiger partial charge is 0.339 e. The van der Waals surface area contributed by atoms with Gasteiger partial charge in [-0.1, -0.05) is 34.6 Å². The fourth-order valence-corrected chi connectivity index (χ4v) is 3.24. The number of ether oxygens (including phenoxy) is 1. The first-order chi connectivity index (χ1) is 9.27. The maximum atomic E-state index is 12.2. The van der Waals surface area contributed by atoms with Gasteiger partial charge in [0.05, 0.1) is 17.9 Å². The molecule has 0 N–H and O–H groups in total. The summed E-state index contributed by atoms with van der Waals surface area (Å²) in [7, 11) is 0. The van der Waals surface area contributed by atoms with Crippen LogP contribution in [0.1, 0.15) is 87.1 Å². The van der Waals surface area contributed by atoms with Gasteiger partial charge in [0.25, 0.3) is 0 Å². The Morgan fingerprint density at radius 1 is 1.50 bits per heavy atom. The second-order valence-electron chi connectivity index (χ2n) is 6.72. The minimum Gasteiger partial charge on any atom is -0.462 e. The highest BCUT2D eigenvalue weighted by molar-refractivity contribution is 5.91. The van der Waals surface area contributed by atoms with Crippen LogP contribution >= 0.6 is 0 Å². The summed E-state index contributed by atoms with van der Waals surface area (Å²) in [5, 5.41) is 0. The Hall–Kier alpha value is -1.38. The molecule has 0 aromatic carbocycles. The van der Waals surface area contributed by atoms with Crippen LogP contribution in [-0.4, -0.2) is 17.6 Å². The fourth-order valence-electron chi connectivity index (χ4n) is 3.24. The van der Waals surface area contributed by atoms with Crippen molar-refractivity contribution in [3.63, 3.8) is 0 Å². The number of hydrogen-bond donors (Lipinski definition) is 0. The largest absolute Gasteiger partial charge is 0.462 e. The Morgan fingerprint density at radius 3 is 2.70 bits per heavy atom. The summed E-state index contributed by atoms with van der Waals surface area (Å²) in [4.78, 5) is 17.0. The van der Waals surface area contributed by atoms with Crippen molar-refractivity contribution >= 4 is 5.97 Å². The molecule has 1 atom stereocenters. The first-order valence-electron chi connectivity index (χ1n) is 7.50. The van der Waals surface area contributed by atoms with Crippen molar-refractivity contribution < 1.29 is 9.53 Å². The van der Waals surface area contributed by atoms with Crippen LogP contribution in [0.3, 0.4) is 0 Å². The average molecular weight is 275 g/mol. The van der Waals surface area contributed by atoms with Gasteiger partial charge < -0.3 is 4.74 Å². The molecule has 0 saturated heterocycles. The summed E-state index contributed by atoms with van der Waals surface area (Å²) < 4.78 is 5.19. The third kappa shape index (κ3) is 2.46. The Bertz CT molecular complexity index is 532. The van der Waals surface area contributed by atoms with Crippen LogP contribution in [0.4, 0.5) is 0 Å². The molecular weight excluding hydrogens is 250 g/mol. The zero-order valence-corrected chi connectivity index (χ0v) is 13.4. The zero-order valence-electron chi connectivity index (χ0n) is 13.4. The normalized spacial score (nSPS) is 20.1. The maximum absolute atomic E-state index is 12.2. The quantitative estimate of drug-likeness (QED) is 0.777. The van der Waals surface area contributed by atoms with Crippen LogP contribution in [0.15, 0.2) is 6.07 Å². The Labute approximate surface area is 121 Å². The molecule has 20 heavy (non-hydrogen) atoms. The van der Waals surface area contributed by atoms with Crippen LogP contribution in [0, 0.1) is 0 Å². The molecule has 1 unspecified atom stereocenters. The van der Waals surface area contributed by atoms with Gasteiger partial charge in [-0.3, -0.25) is 4.98 Å². The zero-order chi connectivity index (χ0) is 15.1. The molecule has 0 spiro atoms. The number of fused-ring (bicyclic) bond motifs is 1. The summed E-state index contributed by atoms with van der Waals surface area (Å²) in [6.45, 7) is 13.0. The third-order valence-electron chi connectivity index (χ3n) is 4.14. The second kappa shape index (κ2) is 5.19. The molecule has 0 saturated carbocycles. The molecule has 0 aliphatic heterocycles. The number of esters is 1. The van der Waals surface area contributed by atoms with Gasteiger partial charge in [0, 0.05) is 5.69 Å². The molecule has 3 nitrogen and oxygen atoms in total. The molecular formula is C17H25NO2. The highest BCUT2D eigenvalue weighted by Crippen LogP contribution is 2.45. The molecule has 1 aliphatic rings. The molecule has 3 heteroatoms. The number of hydrogen-bond acceptors (Lipinski definition) is 3. The van der Waals surface area contributed by atoms with Gasteiger partial charge in [-0.2, -0.15) is 0 Å². The summed E-state index contributed by atoms with van der Waals surface area (Å²) >= 11 is 0. The van der Waals surface area contributed by atoms with Gasteiger partial charge in [-0.25, -0.2) is 4.79 Å². The highest BCUT2D eigenvalue weighted by Gasteiger charge is 2.37. The first kappa shape index (κ1) is 15.0. The lowest BCUT2D eigenvalue weighted by Crippen LogP contribution is -2.17. The van der Waals surface area contributed by atoms with Crippen molar-refractivity contribution in [1.29, 1.82) is 0 Å². The minimum atomic E-state index is -0.248. The number of carbonyl (C=O) groups is 1. The third-order valence-corrected chi connectivity index (χ3v) is 4.14. The van der Waals surface area contributed by atoms with E-state index in [-0.39, 0.29) is 17.3 Å². The summed E-state index contributed by atoms with van der Waals surface area (Å²) in [5.41, 5.74) is 3.96. The lowest BCUT2D eigenvalue weighted by molar-refractivity contribution is 0.0523. The topological polar surface area (TPSA) is 39.2 Å². The Balaban J connectivity index is 2.60. The van der Waals surface area contributed by atoms with E-state index in [0.717, 1.165) is 17.8 Å². The van der Waals surface area contributed by atoms with Crippen molar-refractivity contribution in [3.8, 4) is 0 Å². The van der Waals surface area contributed by atoms with Crippen molar-refractivity contribution in [2.45, 2.75) is 65.2 Å². The van der Waals surface area contributed by atoms with Crippen LogP contribution in [0.25, 0.3) is 0 Å². The number of pyridine rings is 1. The van der Waals surface area contributed by atoms with Crippen LogP contribution in [0.2, 0.25) is 0 Å². The van der Waals surface area contributed by atoms with Gasteiger partial charge in [0.2, 0.25) is 0 Å². The Kier molecular flexibility index (Phi) is 3.90. The van der Waals surface area contributed by atoms with E-state index in [4.69, 9.17) is 9.72 Å². The predicted molar refractivity (Wildman–Crippen MR) is 80.3 cm³/mol. The number of nitrogens with zero attached hydrogens (tertiary/aromatic N) is 1. The molecule has 1 aliphatic carbocycles. The number of carbonyl (C=O) groups excluding carboxylic acids is 1. The van der Waals surface area contributed by atoms with Crippen molar-refractivity contribution in [2.24, 2.45) is 0 Å². The lowest BCUT2D eigenvalue weighted by atomic mass is 9.85. The van der Waals surface area contributed by atoms with Crippen LogP contribution < -0.4 is 0 Å². The SMILES string of the molecule is CCOC(=O)c1cc2c(nc1C(C)C)C(C)CC2(C)C. The van der Waals surface area contributed by atoms with Gasteiger partial charge in [0.1, 0.15) is 0 Å². The van der Waals surface area contributed by atoms with Gasteiger partial charge in [-0.15, -0.1) is 0 Å². The predicted octanol–water partition coefficient (Wildman–Crippen LogP) is 4.17. The standard InChI is InChI=1S/C17H25NO2/c1-7-20-16(19)12-8-13-15(18-14(12)10(2)3)11(4)9-17(13,5)6/h8,10-11H,7,9H2,1-6H3. The van der Waals surface area contributed by atoms with E-state index in [2.05, 4.69) is 34.6 Å². The highest BCUT2D eigenvalue weighted by atomic mass is 16.5. The van der Waals surface area contributed by atoms with Crippen molar-refractivity contribution in [2.75, 3.05) is 6.61 Å². The van der Waals surface area contributed by atoms with Crippen LogP contribution in [0.5, 0.6) is 0 Å². The molecule has 2 rings (SSSR count). The van der Waals surface area contributed by atoms with Crippen molar-refractivity contribution in [3.05, 3.63) is 28.6 Å². The van der Waals surface area contributed by atoms with Gasteiger partial charge in [-0.05, 0) is 42.2 Å². The van der Waals surface area contributed by atoms with E-state index < -0.39 is 0 Å². The molecule has 0 radical (unpaired) electrons. The molecule has 0 amide bonds. The molecule has 110 valence electrons. The average Bonchev–Trinajstić information content (AvgIpc) is 2.58. The van der Waals surface area contributed by atoms with Gasteiger partial charge >= 0.3 is 5.97 Å². The van der Waals surface area contributed by atoms with E-state index in [1.54, 1.807) is 0 Å². The van der Waals surface area contributed by atoms with E-state index in [9.17, 15) is 4.79 Å². The van der Waals surface area contributed by atoms with E-state index in [1.807, 2.05) is 13.0 Å². The Morgan fingerprint density at radius 2 is 2.15 bits per heavy atom. The lowest BCUT2D eigenvalue weighted by Gasteiger charge is -2.20. The van der Waals surface area contributed by atoms with E-state index in [1.165, 1.54) is 5.56 Å². The molecule has 0 fully saturated rings. The van der Waals surface area contributed by atoms with Gasteiger partial charge in [0.15, 0.2) is 0 Å². The van der Waals surface area contributed by atoms with Crippen molar-refractivity contribution in [1.82, 2.24) is 4.98 Å². The van der Waals surface area contributed by atoms with E-state index in [0.29, 0.717) is 18.1 Å². The molecule has 1 aromatic rings. The number of rotatable bonds is 3. The monoisotopic (exact) mass is 275 g/mol. The fraction of sp³-hybridized carbons (Fsp3) is 0.647. The summed E-state index contributed by atoms with van der Waals surface area (Å²) in [6, 6.07) is 2.03.